The van der Waals surface area contributed by atoms with Crippen molar-refractivity contribution in [3.05, 3.63) is 53.6 Å². The molecule has 28 heavy (non-hydrogen) atoms. The van der Waals surface area contributed by atoms with Crippen LogP contribution in [0.15, 0.2) is 48.0 Å². The van der Waals surface area contributed by atoms with Crippen molar-refractivity contribution in [3.8, 4) is 23.3 Å². The van der Waals surface area contributed by atoms with Gasteiger partial charge in [-0.2, -0.15) is 5.26 Å². The molecule has 2 aromatic carbocycles. The average molecular weight is 380 g/mol. The molecule has 0 aromatic heterocycles. The van der Waals surface area contributed by atoms with Crippen LogP contribution in [0, 0.1) is 11.3 Å². The highest BCUT2D eigenvalue weighted by Gasteiger charge is 2.11. The summed E-state index contributed by atoms with van der Waals surface area (Å²) in [6.07, 6.45) is 4.66. The zero-order valence-electron chi connectivity index (χ0n) is 16.1. The first-order valence-corrected chi connectivity index (χ1v) is 9.10. The number of methoxy groups -OCH3 is 1. The topological polar surface area (TPSA) is 91.6 Å². The number of anilines is 1. The van der Waals surface area contributed by atoms with Crippen LogP contribution in [-0.4, -0.2) is 24.7 Å². The van der Waals surface area contributed by atoms with Gasteiger partial charge in [-0.25, -0.2) is 0 Å². The zero-order chi connectivity index (χ0) is 20.4. The van der Waals surface area contributed by atoms with Gasteiger partial charge in [0.25, 0.3) is 5.91 Å². The third-order valence-corrected chi connectivity index (χ3v) is 3.97. The van der Waals surface area contributed by atoms with Crippen molar-refractivity contribution in [1.29, 1.82) is 5.26 Å². The Morgan fingerprint density at radius 1 is 1.21 bits per heavy atom. The summed E-state index contributed by atoms with van der Waals surface area (Å²) in [5, 5.41) is 21.4. The van der Waals surface area contributed by atoms with Crippen molar-refractivity contribution >= 4 is 17.7 Å². The van der Waals surface area contributed by atoms with E-state index in [2.05, 4.69) is 12.2 Å². The summed E-state index contributed by atoms with van der Waals surface area (Å²) in [5.74, 6) is 0.626. The van der Waals surface area contributed by atoms with Gasteiger partial charge < -0.3 is 19.9 Å². The van der Waals surface area contributed by atoms with Gasteiger partial charge in [0.05, 0.1) is 13.7 Å². The molecule has 0 fully saturated rings. The van der Waals surface area contributed by atoms with Crippen molar-refractivity contribution in [1.82, 2.24) is 0 Å². The van der Waals surface area contributed by atoms with E-state index in [0.29, 0.717) is 29.4 Å². The number of hydrogen-bond donors (Lipinski definition) is 2. The lowest BCUT2D eigenvalue weighted by atomic mass is 10.1. The van der Waals surface area contributed by atoms with Crippen LogP contribution >= 0.6 is 0 Å². The predicted molar refractivity (Wildman–Crippen MR) is 108 cm³/mol. The van der Waals surface area contributed by atoms with E-state index < -0.39 is 5.91 Å². The Bertz CT molecular complexity index is 884. The number of carbonyl (C=O) groups excluding carboxylic acids is 1. The average Bonchev–Trinajstić information content (AvgIpc) is 2.69. The summed E-state index contributed by atoms with van der Waals surface area (Å²) >= 11 is 0. The van der Waals surface area contributed by atoms with Gasteiger partial charge in [-0.1, -0.05) is 31.9 Å². The monoisotopic (exact) mass is 380 g/mol. The second-order valence-corrected chi connectivity index (χ2v) is 6.14. The van der Waals surface area contributed by atoms with Gasteiger partial charge in [0.15, 0.2) is 11.5 Å². The van der Waals surface area contributed by atoms with Crippen LogP contribution in [0.1, 0.15) is 31.7 Å². The molecular formula is C22H24N2O4. The predicted octanol–water partition coefficient (Wildman–Crippen LogP) is 4.52. The molecule has 0 bridgehead atoms. The number of phenolic OH excluding ortho intramolecular Hbond substituents is 1. The normalized spacial score (nSPS) is 10.8. The SMILES string of the molecule is CCCCCOc1ccc(/C=C(\C#N)C(=O)Nc2cccc(O)c2)cc1OC. The fourth-order valence-corrected chi connectivity index (χ4v) is 2.52. The summed E-state index contributed by atoms with van der Waals surface area (Å²) in [4.78, 5) is 12.3. The van der Waals surface area contributed by atoms with Gasteiger partial charge >= 0.3 is 0 Å². The van der Waals surface area contributed by atoms with Crippen LogP contribution in [0.2, 0.25) is 0 Å². The van der Waals surface area contributed by atoms with Crippen LogP contribution < -0.4 is 14.8 Å². The lowest BCUT2D eigenvalue weighted by molar-refractivity contribution is -0.112. The van der Waals surface area contributed by atoms with Crippen LogP contribution in [0.5, 0.6) is 17.2 Å². The van der Waals surface area contributed by atoms with E-state index >= 15 is 0 Å². The molecule has 2 rings (SSSR count). The van der Waals surface area contributed by atoms with E-state index in [4.69, 9.17) is 9.47 Å². The van der Waals surface area contributed by atoms with E-state index in [1.165, 1.54) is 18.2 Å². The van der Waals surface area contributed by atoms with Gasteiger partial charge in [-0.15, -0.1) is 0 Å². The van der Waals surface area contributed by atoms with Crippen molar-refractivity contribution in [3.63, 3.8) is 0 Å². The highest BCUT2D eigenvalue weighted by molar-refractivity contribution is 6.09. The van der Waals surface area contributed by atoms with E-state index in [1.807, 2.05) is 6.07 Å². The largest absolute Gasteiger partial charge is 0.508 e. The van der Waals surface area contributed by atoms with Gasteiger partial charge in [0.2, 0.25) is 0 Å². The Hall–Kier alpha value is -3.46. The van der Waals surface area contributed by atoms with Crippen molar-refractivity contribution in [2.24, 2.45) is 0 Å². The van der Waals surface area contributed by atoms with E-state index in [9.17, 15) is 15.2 Å². The molecule has 0 saturated heterocycles. The molecule has 0 unspecified atom stereocenters. The molecule has 0 aliphatic heterocycles. The third-order valence-electron chi connectivity index (χ3n) is 3.97. The fraction of sp³-hybridized carbons (Fsp3) is 0.273. The number of carbonyl (C=O) groups is 1. The number of phenols is 1. The standard InChI is InChI=1S/C22H24N2O4/c1-3-4-5-11-28-20-10-9-16(13-21(20)27-2)12-17(15-23)22(26)24-18-7-6-8-19(25)14-18/h6-10,12-14,25H,3-5,11H2,1-2H3,(H,24,26)/b17-12+. The summed E-state index contributed by atoms with van der Waals surface area (Å²) in [5.41, 5.74) is 0.974. The molecule has 0 aliphatic carbocycles. The second-order valence-electron chi connectivity index (χ2n) is 6.14. The van der Waals surface area contributed by atoms with Crippen molar-refractivity contribution in [2.45, 2.75) is 26.2 Å². The fourth-order valence-electron chi connectivity index (χ4n) is 2.52. The Morgan fingerprint density at radius 3 is 2.71 bits per heavy atom. The lowest BCUT2D eigenvalue weighted by Crippen LogP contribution is -2.13. The lowest BCUT2D eigenvalue weighted by Gasteiger charge is -2.11. The Labute approximate surface area is 165 Å². The first kappa shape index (κ1) is 20.8. The molecule has 6 nitrogen and oxygen atoms in total. The van der Waals surface area contributed by atoms with Gasteiger partial charge in [0, 0.05) is 11.8 Å². The van der Waals surface area contributed by atoms with Gasteiger partial charge in [0.1, 0.15) is 17.4 Å². The van der Waals surface area contributed by atoms with Crippen LogP contribution in [0.25, 0.3) is 6.08 Å². The quantitative estimate of drug-likeness (QED) is 0.379. The molecule has 2 N–H and O–H groups in total. The van der Waals surface area contributed by atoms with Crippen molar-refractivity contribution < 1.29 is 19.4 Å². The number of nitriles is 1. The third kappa shape index (κ3) is 6.06. The summed E-state index contributed by atoms with van der Waals surface area (Å²) in [7, 11) is 1.54. The Morgan fingerprint density at radius 2 is 2.04 bits per heavy atom. The van der Waals surface area contributed by atoms with Gasteiger partial charge in [-0.05, 0) is 42.3 Å². The molecule has 6 heteroatoms. The molecule has 0 aliphatic rings. The molecule has 146 valence electrons. The Balaban J connectivity index is 2.14. The van der Waals surface area contributed by atoms with E-state index in [-0.39, 0.29) is 11.3 Å². The highest BCUT2D eigenvalue weighted by atomic mass is 16.5. The van der Waals surface area contributed by atoms with Crippen LogP contribution in [0.4, 0.5) is 5.69 Å². The molecule has 0 heterocycles. The first-order chi connectivity index (χ1) is 13.6. The van der Waals surface area contributed by atoms with E-state index in [0.717, 1.165) is 19.3 Å². The minimum Gasteiger partial charge on any atom is -0.508 e. The molecule has 0 radical (unpaired) electrons. The van der Waals surface area contributed by atoms with Gasteiger partial charge in [-0.3, -0.25) is 4.79 Å². The molecule has 0 saturated carbocycles. The van der Waals surface area contributed by atoms with Crippen LogP contribution in [-0.2, 0) is 4.79 Å². The number of hydrogen-bond acceptors (Lipinski definition) is 5. The molecule has 2 aromatic rings. The summed E-state index contributed by atoms with van der Waals surface area (Å²) < 4.78 is 11.1. The maximum atomic E-state index is 12.3. The number of aromatic hydroxyl groups is 1. The molecular weight excluding hydrogens is 356 g/mol. The molecule has 0 atom stereocenters. The number of unbranched alkanes of at least 4 members (excludes halogenated alkanes) is 2. The molecule has 1 amide bonds. The number of rotatable bonds is 9. The maximum Gasteiger partial charge on any atom is 0.266 e. The number of nitrogens with zero attached hydrogens (tertiary/aromatic N) is 1. The second kappa shape index (κ2) is 10.6. The number of amides is 1. The highest BCUT2D eigenvalue weighted by Crippen LogP contribution is 2.29. The smallest absolute Gasteiger partial charge is 0.266 e. The first-order valence-electron chi connectivity index (χ1n) is 9.10. The zero-order valence-corrected chi connectivity index (χ0v) is 16.1. The Kier molecular flexibility index (Phi) is 7.92. The summed E-state index contributed by atoms with van der Waals surface area (Å²) in [6.45, 7) is 2.74. The van der Waals surface area contributed by atoms with Crippen molar-refractivity contribution in [2.75, 3.05) is 19.0 Å². The minimum absolute atomic E-state index is 0.0274. The maximum absolute atomic E-state index is 12.3. The minimum atomic E-state index is -0.563. The molecule has 0 spiro atoms. The number of benzene rings is 2. The summed E-state index contributed by atoms with van der Waals surface area (Å²) in [6, 6.07) is 13.3. The number of ether oxygens (including phenoxy) is 2. The van der Waals surface area contributed by atoms with E-state index in [1.54, 1.807) is 37.4 Å². The van der Waals surface area contributed by atoms with Crippen LogP contribution in [0.3, 0.4) is 0 Å². The number of nitrogens with one attached hydrogen (secondary N) is 1.